The first-order valence-corrected chi connectivity index (χ1v) is 8.26. The highest BCUT2D eigenvalue weighted by Gasteiger charge is 2.22. The third-order valence-electron chi connectivity index (χ3n) is 3.25. The average Bonchev–Trinajstić information content (AvgIpc) is 2.53. The van der Waals surface area contributed by atoms with Gasteiger partial charge in [-0.05, 0) is 19.1 Å². The van der Waals surface area contributed by atoms with Gasteiger partial charge in [-0.25, -0.2) is 8.42 Å². The first-order chi connectivity index (χ1) is 11.3. The van der Waals surface area contributed by atoms with Gasteiger partial charge < -0.3 is 9.47 Å². The Morgan fingerprint density at radius 3 is 2.21 bits per heavy atom. The van der Waals surface area contributed by atoms with E-state index in [1.54, 1.807) is 12.1 Å². The summed E-state index contributed by atoms with van der Waals surface area (Å²) in [5.41, 5.74) is 0.502. The van der Waals surface area contributed by atoms with Crippen molar-refractivity contribution in [3.63, 3.8) is 0 Å². The van der Waals surface area contributed by atoms with Crippen LogP contribution in [0.1, 0.15) is 5.56 Å². The largest absolute Gasteiger partial charge is 0.493 e. The van der Waals surface area contributed by atoms with Crippen LogP contribution < -0.4 is 14.2 Å². The van der Waals surface area contributed by atoms with E-state index in [2.05, 4.69) is 4.72 Å². The van der Waals surface area contributed by atoms with E-state index in [1.807, 2.05) is 6.92 Å². The second kappa shape index (κ2) is 6.75. The minimum atomic E-state index is -3.94. The zero-order valence-electron chi connectivity index (χ0n) is 13.3. The zero-order valence-corrected chi connectivity index (χ0v) is 14.1. The van der Waals surface area contributed by atoms with Gasteiger partial charge in [-0.1, -0.05) is 17.7 Å². The molecular weight excluding hydrogens is 336 g/mol. The van der Waals surface area contributed by atoms with Crippen LogP contribution in [-0.2, 0) is 10.0 Å². The van der Waals surface area contributed by atoms with Gasteiger partial charge in [-0.3, -0.25) is 14.8 Å². The number of sulfonamides is 1. The molecule has 0 amide bonds. The highest BCUT2D eigenvalue weighted by atomic mass is 32.2. The molecular formula is C15H16N2O6S. The molecule has 0 heterocycles. The summed E-state index contributed by atoms with van der Waals surface area (Å²) in [6, 6.07) is 8.42. The average molecular weight is 352 g/mol. The summed E-state index contributed by atoms with van der Waals surface area (Å²) in [6.07, 6.45) is 0. The van der Waals surface area contributed by atoms with Crippen molar-refractivity contribution in [1.29, 1.82) is 0 Å². The van der Waals surface area contributed by atoms with Crippen LogP contribution in [0.15, 0.2) is 41.3 Å². The van der Waals surface area contributed by atoms with Crippen LogP contribution >= 0.6 is 0 Å². The van der Waals surface area contributed by atoms with Crippen molar-refractivity contribution in [2.24, 2.45) is 0 Å². The summed E-state index contributed by atoms with van der Waals surface area (Å²) in [6.45, 7) is 1.83. The number of aryl methyl sites for hydroxylation is 1. The first kappa shape index (κ1) is 17.5. The van der Waals surface area contributed by atoms with Crippen LogP contribution in [0.5, 0.6) is 11.5 Å². The van der Waals surface area contributed by atoms with E-state index in [9.17, 15) is 18.5 Å². The molecule has 24 heavy (non-hydrogen) atoms. The minimum absolute atomic E-state index is 0.0284. The second-order valence-corrected chi connectivity index (χ2v) is 6.59. The Morgan fingerprint density at radius 1 is 1.08 bits per heavy atom. The molecule has 0 fully saturated rings. The maximum atomic E-state index is 12.5. The Balaban J connectivity index is 2.52. The van der Waals surface area contributed by atoms with Crippen LogP contribution in [0.4, 0.5) is 11.4 Å². The third-order valence-corrected chi connectivity index (χ3v) is 4.63. The number of nitro benzene ring substituents is 1. The van der Waals surface area contributed by atoms with Crippen LogP contribution in [0.25, 0.3) is 0 Å². The Hall–Kier alpha value is -2.81. The molecule has 128 valence electrons. The lowest BCUT2D eigenvalue weighted by Crippen LogP contribution is -2.14. The number of nitro groups is 1. The number of benzene rings is 2. The molecule has 0 unspecified atom stereocenters. The molecule has 0 aliphatic rings. The number of non-ortho nitro benzene ring substituents is 1. The number of nitrogens with one attached hydrogen (secondary N) is 1. The Kier molecular flexibility index (Phi) is 4.93. The minimum Gasteiger partial charge on any atom is -0.493 e. The van der Waals surface area contributed by atoms with Gasteiger partial charge in [0.15, 0.2) is 11.5 Å². The van der Waals surface area contributed by atoms with Gasteiger partial charge in [0.05, 0.1) is 30.1 Å². The standard InChI is InChI=1S/C15H16N2O6S/c1-10-4-6-12(7-5-10)24(20,21)16-13-8-11(17(18)19)9-14(22-2)15(13)23-3/h4-9,16H,1-3H3. The van der Waals surface area contributed by atoms with E-state index < -0.39 is 14.9 Å². The van der Waals surface area contributed by atoms with E-state index in [-0.39, 0.29) is 27.8 Å². The molecule has 0 atom stereocenters. The number of nitrogens with zero attached hydrogens (tertiary/aromatic N) is 1. The van der Waals surface area contributed by atoms with Gasteiger partial charge in [0.1, 0.15) is 5.69 Å². The summed E-state index contributed by atoms with van der Waals surface area (Å²) in [4.78, 5) is 10.4. The van der Waals surface area contributed by atoms with Gasteiger partial charge in [0, 0.05) is 6.07 Å². The van der Waals surface area contributed by atoms with Gasteiger partial charge >= 0.3 is 0 Å². The van der Waals surface area contributed by atoms with E-state index in [0.717, 1.165) is 17.7 Å². The first-order valence-electron chi connectivity index (χ1n) is 6.78. The maximum absolute atomic E-state index is 12.5. The molecule has 2 aromatic carbocycles. The van der Waals surface area contributed by atoms with Crippen molar-refractivity contribution in [3.8, 4) is 11.5 Å². The predicted octanol–water partition coefficient (Wildman–Crippen LogP) is 2.72. The summed E-state index contributed by atoms with van der Waals surface area (Å²) >= 11 is 0. The molecule has 2 aromatic rings. The molecule has 0 spiro atoms. The van der Waals surface area contributed by atoms with Gasteiger partial charge in [0.2, 0.25) is 0 Å². The lowest BCUT2D eigenvalue weighted by molar-refractivity contribution is -0.384. The van der Waals surface area contributed by atoms with Gasteiger partial charge in [0.25, 0.3) is 15.7 Å². The second-order valence-electron chi connectivity index (χ2n) is 4.90. The number of hydrogen-bond donors (Lipinski definition) is 1. The van der Waals surface area contributed by atoms with Crippen LogP contribution in [-0.4, -0.2) is 27.6 Å². The molecule has 0 saturated carbocycles. The van der Waals surface area contributed by atoms with Crippen molar-refractivity contribution in [1.82, 2.24) is 0 Å². The van der Waals surface area contributed by atoms with Crippen molar-refractivity contribution >= 4 is 21.4 Å². The Bertz CT molecular complexity index is 862. The molecule has 0 bridgehead atoms. The predicted molar refractivity (Wildman–Crippen MR) is 88.2 cm³/mol. The zero-order chi connectivity index (χ0) is 17.9. The molecule has 0 aliphatic carbocycles. The summed E-state index contributed by atoms with van der Waals surface area (Å²) < 4.78 is 37.4. The van der Waals surface area contributed by atoms with E-state index in [4.69, 9.17) is 9.47 Å². The Morgan fingerprint density at radius 2 is 1.71 bits per heavy atom. The van der Waals surface area contributed by atoms with Crippen LogP contribution in [0.2, 0.25) is 0 Å². The van der Waals surface area contributed by atoms with Crippen LogP contribution in [0.3, 0.4) is 0 Å². The lowest BCUT2D eigenvalue weighted by Gasteiger charge is -2.14. The summed E-state index contributed by atoms with van der Waals surface area (Å²) in [7, 11) is -1.32. The van der Waals surface area contributed by atoms with E-state index in [1.165, 1.54) is 26.4 Å². The summed E-state index contributed by atoms with van der Waals surface area (Å²) in [5.74, 6) is 0.104. The molecule has 1 N–H and O–H groups in total. The lowest BCUT2D eigenvalue weighted by atomic mass is 10.2. The molecule has 2 rings (SSSR count). The van der Waals surface area contributed by atoms with Crippen molar-refractivity contribution in [2.75, 3.05) is 18.9 Å². The molecule has 8 nitrogen and oxygen atoms in total. The van der Waals surface area contributed by atoms with Crippen LogP contribution in [0, 0.1) is 17.0 Å². The molecule has 0 aliphatic heterocycles. The fourth-order valence-electron chi connectivity index (χ4n) is 2.05. The number of methoxy groups -OCH3 is 2. The monoisotopic (exact) mass is 352 g/mol. The van der Waals surface area contributed by atoms with Crippen molar-refractivity contribution < 1.29 is 22.8 Å². The number of hydrogen-bond acceptors (Lipinski definition) is 6. The van der Waals surface area contributed by atoms with Gasteiger partial charge in [-0.15, -0.1) is 0 Å². The quantitative estimate of drug-likeness (QED) is 0.632. The number of rotatable bonds is 6. The topological polar surface area (TPSA) is 108 Å². The number of ether oxygens (including phenoxy) is 2. The molecule has 0 saturated heterocycles. The SMILES string of the molecule is COc1cc([N+](=O)[O-])cc(NS(=O)(=O)c2ccc(C)cc2)c1OC. The molecule has 0 aromatic heterocycles. The highest BCUT2D eigenvalue weighted by molar-refractivity contribution is 7.92. The smallest absolute Gasteiger partial charge is 0.275 e. The normalized spacial score (nSPS) is 11.0. The highest BCUT2D eigenvalue weighted by Crippen LogP contribution is 2.40. The Labute approximate surface area is 139 Å². The van der Waals surface area contributed by atoms with Crippen molar-refractivity contribution in [2.45, 2.75) is 11.8 Å². The molecule has 0 radical (unpaired) electrons. The molecule has 9 heteroatoms. The van der Waals surface area contributed by atoms with Gasteiger partial charge in [-0.2, -0.15) is 0 Å². The summed E-state index contributed by atoms with van der Waals surface area (Å²) in [5, 5.41) is 11.0. The number of anilines is 1. The van der Waals surface area contributed by atoms with E-state index >= 15 is 0 Å². The fraction of sp³-hybridized carbons (Fsp3) is 0.200. The third kappa shape index (κ3) is 3.57. The van der Waals surface area contributed by atoms with E-state index in [0.29, 0.717) is 0 Å². The van der Waals surface area contributed by atoms with Crippen molar-refractivity contribution in [3.05, 3.63) is 52.1 Å². The maximum Gasteiger partial charge on any atom is 0.275 e. The fourth-order valence-corrected chi connectivity index (χ4v) is 3.11.